The molecule has 1 rings (SSSR count). The fourth-order valence-electron chi connectivity index (χ4n) is 1.29. The van der Waals surface area contributed by atoms with E-state index in [0.29, 0.717) is 0 Å². The molecule has 1 saturated carbocycles. The van der Waals surface area contributed by atoms with Crippen LogP contribution in [0.25, 0.3) is 0 Å². The highest BCUT2D eigenvalue weighted by atomic mass is 16.6. The van der Waals surface area contributed by atoms with Crippen molar-refractivity contribution in [2.24, 2.45) is 0 Å². The fraction of sp³-hybridized carbons (Fsp3) is 0.900. The van der Waals surface area contributed by atoms with E-state index in [0.717, 1.165) is 19.4 Å². The lowest BCUT2D eigenvalue weighted by atomic mass is 10.2. The molecule has 0 spiro atoms. The van der Waals surface area contributed by atoms with Gasteiger partial charge in [-0.05, 0) is 40.2 Å². The minimum Gasteiger partial charge on any atom is -0.459 e. The molecule has 0 aromatic rings. The van der Waals surface area contributed by atoms with Gasteiger partial charge in [-0.15, -0.1) is 0 Å². The van der Waals surface area contributed by atoms with Gasteiger partial charge < -0.3 is 10.1 Å². The van der Waals surface area contributed by atoms with E-state index in [1.807, 2.05) is 27.7 Å². The average molecular weight is 185 g/mol. The highest BCUT2D eigenvalue weighted by molar-refractivity contribution is 5.84. The molecule has 0 aromatic carbocycles. The molecule has 0 saturated heterocycles. The summed E-state index contributed by atoms with van der Waals surface area (Å²) >= 11 is 0. The van der Waals surface area contributed by atoms with E-state index in [2.05, 4.69) is 5.32 Å². The molecule has 0 bridgehead atoms. The van der Waals surface area contributed by atoms with E-state index in [-0.39, 0.29) is 17.1 Å². The molecular weight excluding hydrogens is 166 g/mol. The molecule has 0 radical (unpaired) electrons. The average Bonchev–Trinajstić information content (AvgIpc) is 2.66. The lowest BCUT2D eigenvalue weighted by Gasteiger charge is -2.24. The van der Waals surface area contributed by atoms with Crippen LogP contribution >= 0.6 is 0 Å². The minimum absolute atomic E-state index is 0.0955. The lowest BCUT2D eigenvalue weighted by Crippen LogP contribution is -2.43. The number of ether oxygens (including phenoxy) is 1. The van der Waals surface area contributed by atoms with E-state index in [9.17, 15) is 4.79 Å². The maximum absolute atomic E-state index is 11.6. The zero-order chi connectivity index (χ0) is 10.1. The smallest absolute Gasteiger partial charge is 0.326 e. The predicted octanol–water partition coefficient (Wildman–Crippen LogP) is 1.47. The molecule has 1 aliphatic rings. The number of nitrogens with one attached hydrogen (secondary N) is 1. The molecule has 1 fully saturated rings. The Bertz CT molecular complexity index is 201. The van der Waals surface area contributed by atoms with E-state index < -0.39 is 0 Å². The van der Waals surface area contributed by atoms with Crippen molar-refractivity contribution in [3.05, 3.63) is 0 Å². The van der Waals surface area contributed by atoms with Gasteiger partial charge in [0.25, 0.3) is 0 Å². The summed E-state index contributed by atoms with van der Waals surface area (Å²) < 4.78 is 5.32. The number of hydrogen-bond acceptors (Lipinski definition) is 3. The number of carbonyl (C=O) groups is 1. The van der Waals surface area contributed by atoms with E-state index in [1.165, 1.54) is 0 Å². The number of rotatable bonds is 3. The van der Waals surface area contributed by atoms with Crippen molar-refractivity contribution >= 4 is 5.97 Å². The summed E-state index contributed by atoms with van der Waals surface area (Å²) in [4.78, 5) is 11.6. The van der Waals surface area contributed by atoms with Gasteiger partial charge in [0.05, 0.1) is 0 Å². The molecule has 76 valence electrons. The highest BCUT2D eigenvalue weighted by Gasteiger charge is 2.51. The van der Waals surface area contributed by atoms with Crippen LogP contribution in [0.3, 0.4) is 0 Å². The second kappa shape index (κ2) is 3.29. The normalized spacial score (nSPS) is 19.7. The van der Waals surface area contributed by atoms with Gasteiger partial charge in [0.15, 0.2) is 0 Å². The Labute approximate surface area is 79.8 Å². The van der Waals surface area contributed by atoms with Crippen molar-refractivity contribution in [3.8, 4) is 0 Å². The molecule has 0 aliphatic heterocycles. The Balaban J connectivity index is 2.48. The van der Waals surface area contributed by atoms with Crippen LogP contribution in [0.15, 0.2) is 0 Å². The number of esters is 1. The van der Waals surface area contributed by atoms with Crippen molar-refractivity contribution in [1.29, 1.82) is 0 Å². The van der Waals surface area contributed by atoms with Crippen LogP contribution in [0.1, 0.15) is 40.5 Å². The minimum atomic E-state index is -0.373. The molecule has 0 atom stereocenters. The van der Waals surface area contributed by atoms with Gasteiger partial charge >= 0.3 is 5.97 Å². The standard InChI is InChI=1S/C10H19NO2/c1-5-11-10(6-7-10)8(12)13-9(2,3)4/h11H,5-7H2,1-4H3. The maximum Gasteiger partial charge on any atom is 0.326 e. The molecule has 1 aliphatic carbocycles. The Morgan fingerprint density at radius 2 is 2.00 bits per heavy atom. The van der Waals surface area contributed by atoms with Crippen molar-refractivity contribution in [3.63, 3.8) is 0 Å². The van der Waals surface area contributed by atoms with Crippen molar-refractivity contribution in [1.82, 2.24) is 5.32 Å². The highest BCUT2D eigenvalue weighted by Crippen LogP contribution is 2.37. The van der Waals surface area contributed by atoms with E-state index in [4.69, 9.17) is 4.74 Å². The van der Waals surface area contributed by atoms with Crippen molar-refractivity contribution in [2.45, 2.75) is 51.7 Å². The third kappa shape index (κ3) is 2.69. The Morgan fingerprint density at radius 1 is 1.46 bits per heavy atom. The maximum atomic E-state index is 11.6. The van der Waals surface area contributed by atoms with Crippen LogP contribution in [0, 0.1) is 0 Å². The first kappa shape index (κ1) is 10.5. The van der Waals surface area contributed by atoms with Gasteiger partial charge in [-0.3, -0.25) is 4.79 Å². The second-order valence-electron chi connectivity index (χ2n) is 4.61. The summed E-state index contributed by atoms with van der Waals surface area (Å²) in [5.74, 6) is -0.0955. The lowest BCUT2D eigenvalue weighted by molar-refractivity contribution is -0.158. The fourth-order valence-corrected chi connectivity index (χ4v) is 1.29. The summed E-state index contributed by atoms with van der Waals surface area (Å²) in [5, 5.41) is 3.18. The number of hydrogen-bond donors (Lipinski definition) is 1. The van der Waals surface area contributed by atoms with Gasteiger partial charge in [0.1, 0.15) is 11.1 Å². The summed E-state index contributed by atoms with van der Waals surface area (Å²) in [6.07, 6.45) is 1.82. The zero-order valence-corrected chi connectivity index (χ0v) is 8.94. The van der Waals surface area contributed by atoms with Gasteiger partial charge in [0, 0.05) is 0 Å². The summed E-state index contributed by atoms with van der Waals surface area (Å²) in [7, 11) is 0. The van der Waals surface area contributed by atoms with Gasteiger partial charge in [-0.1, -0.05) is 6.92 Å². The molecule has 0 heterocycles. The van der Waals surface area contributed by atoms with Crippen LogP contribution in [-0.2, 0) is 9.53 Å². The van der Waals surface area contributed by atoms with Gasteiger partial charge in [0.2, 0.25) is 0 Å². The Hall–Kier alpha value is -0.570. The molecular formula is C10H19NO2. The van der Waals surface area contributed by atoms with Gasteiger partial charge in [-0.25, -0.2) is 0 Å². The molecule has 0 amide bonds. The molecule has 3 nitrogen and oxygen atoms in total. The zero-order valence-electron chi connectivity index (χ0n) is 8.94. The second-order valence-corrected chi connectivity index (χ2v) is 4.61. The molecule has 3 heteroatoms. The molecule has 1 N–H and O–H groups in total. The first-order valence-electron chi connectivity index (χ1n) is 4.88. The summed E-state index contributed by atoms with van der Waals surface area (Å²) in [6.45, 7) is 8.51. The van der Waals surface area contributed by atoms with Crippen LogP contribution < -0.4 is 5.32 Å². The van der Waals surface area contributed by atoms with Crippen LogP contribution in [0.2, 0.25) is 0 Å². The molecule has 0 unspecified atom stereocenters. The largest absolute Gasteiger partial charge is 0.459 e. The monoisotopic (exact) mass is 185 g/mol. The third-order valence-corrected chi connectivity index (χ3v) is 2.05. The van der Waals surface area contributed by atoms with E-state index in [1.54, 1.807) is 0 Å². The Kier molecular flexibility index (Phi) is 2.66. The van der Waals surface area contributed by atoms with Crippen LogP contribution in [0.5, 0.6) is 0 Å². The molecule has 0 aromatic heterocycles. The van der Waals surface area contributed by atoms with Crippen LogP contribution in [-0.4, -0.2) is 23.7 Å². The molecule has 13 heavy (non-hydrogen) atoms. The van der Waals surface area contributed by atoms with Crippen molar-refractivity contribution in [2.75, 3.05) is 6.54 Å². The van der Waals surface area contributed by atoms with Crippen LogP contribution in [0.4, 0.5) is 0 Å². The number of likely N-dealkylation sites (N-methyl/N-ethyl adjacent to an activating group) is 1. The third-order valence-electron chi connectivity index (χ3n) is 2.05. The topological polar surface area (TPSA) is 38.3 Å². The number of carbonyl (C=O) groups excluding carboxylic acids is 1. The first-order chi connectivity index (χ1) is 5.90. The van der Waals surface area contributed by atoms with E-state index >= 15 is 0 Å². The SMILES string of the molecule is CCNC1(C(=O)OC(C)(C)C)CC1. The quantitative estimate of drug-likeness (QED) is 0.677. The van der Waals surface area contributed by atoms with Gasteiger partial charge in [-0.2, -0.15) is 0 Å². The summed E-state index contributed by atoms with van der Waals surface area (Å²) in [5.41, 5.74) is -0.718. The Morgan fingerprint density at radius 3 is 2.31 bits per heavy atom. The van der Waals surface area contributed by atoms with Crippen molar-refractivity contribution < 1.29 is 9.53 Å². The predicted molar refractivity (Wildman–Crippen MR) is 51.5 cm³/mol. The summed E-state index contributed by atoms with van der Waals surface area (Å²) in [6, 6.07) is 0. The first-order valence-corrected chi connectivity index (χ1v) is 4.88.